The van der Waals surface area contributed by atoms with E-state index in [0.29, 0.717) is 28.7 Å². The molecule has 1 atom stereocenters. The summed E-state index contributed by atoms with van der Waals surface area (Å²) < 4.78 is 5.06. The van der Waals surface area contributed by atoms with Gasteiger partial charge in [0.1, 0.15) is 5.75 Å². The van der Waals surface area contributed by atoms with Crippen molar-refractivity contribution in [1.82, 2.24) is 0 Å². The summed E-state index contributed by atoms with van der Waals surface area (Å²) in [6.45, 7) is 4.23. The summed E-state index contributed by atoms with van der Waals surface area (Å²) in [6, 6.07) is 5.19. The highest BCUT2D eigenvalue weighted by molar-refractivity contribution is 6.32. The normalized spacial score (nSPS) is 12.2. The molecule has 0 aliphatic heterocycles. The Morgan fingerprint density at radius 2 is 2.18 bits per heavy atom. The van der Waals surface area contributed by atoms with Crippen molar-refractivity contribution in [2.75, 3.05) is 7.11 Å². The first kappa shape index (κ1) is 14.0. The van der Waals surface area contributed by atoms with Crippen molar-refractivity contribution >= 4 is 17.4 Å². The first-order valence-corrected chi connectivity index (χ1v) is 6.33. The lowest BCUT2D eigenvalue weighted by Gasteiger charge is -2.10. The third-order valence-corrected chi connectivity index (χ3v) is 3.08. The lowest BCUT2D eigenvalue weighted by atomic mass is 9.96. The van der Waals surface area contributed by atoms with E-state index in [4.69, 9.17) is 16.3 Å². The molecule has 0 aliphatic rings. The van der Waals surface area contributed by atoms with Crippen LogP contribution in [-0.4, -0.2) is 12.9 Å². The maximum Gasteiger partial charge on any atom is 0.163 e. The Morgan fingerprint density at radius 1 is 1.47 bits per heavy atom. The second kappa shape index (κ2) is 6.65. The molecule has 17 heavy (non-hydrogen) atoms. The van der Waals surface area contributed by atoms with E-state index in [2.05, 4.69) is 13.8 Å². The van der Waals surface area contributed by atoms with E-state index < -0.39 is 0 Å². The number of carbonyl (C=O) groups excluding carboxylic acids is 1. The predicted octanol–water partition coefficient (Wildman–Crippen LogP) is 4.36. The molecule has 0 heterocycles. The average molecular weight is 255 g/mol. The summed E-state index contributed by atoms with van der Waals surface area (Å²) in [5.41, 5.74) is 0.666. The minimum Gasteiger partial charge on any atom is -0.495 e. The van der Waals surface area contributed by atoms with Crippen LogP contribution in [0, 0.1) is 5.92 Å². The second-order valence-electron chi connectivity index (χ2n) is 4.37. The number of hydrogen-bond donors (Lipinski definition) is 0. The van der Waals surface area contributed by atoms with Gasteiger partial charge in [-0.1, -0.05) is 38.3 Å². The van der Waals surface area contributed by atoms with Crippen molar-refractivity contribution in [1.29, 1.82) is 0 Å². The van der Waals surface area contributed by atoms with Gasteiger partial charge in [-0.25, -0.2) is 0 Å². The number of benzene rings is 1. The quantitative estimate of drug-likeness (QED) is 0.705. The Hall–Kier alpha value is -1.02. The van der Waals surface area contributed by atoms with Gasteiger partial charge in [0.25, 0.3) is 0 Å². The number of ketones is 1. The van der Waals surface area contributed by atoms with E-state index in [-0.39, 0.29) is 5.78 Å². The van der Waals surface area contributed by atoms with E-state index in [1.807, 2.05) is 0 Å². The van der Waals surface area contributed by atoms with Gasteiger partial charge in [0.2, 0.25) is 0 Å². The van der Waals surface area contributed by atoms with Gasteiger partial charge in [0, 0.05) is 12.0 Å². The summed E-state index contributed by atoms with van der Waals surface area (Å²) in [5, 5.41) is 0.487. The Kier molecular flexibility index (Phi) is 5.49. The van der Waals surface area contributed by atoms with Crippen molar-refractivity contribution in [3.8, 4) is 5.75 Å². The monoisotopic (exact) mass is 254 g/mol. The Balaban J connectivity index is 2.72. The topological polar surface area (TPSA) is 26.3 Å². The highest BCUT2D eigenvalue weighted by Gasteiger charge is 2.12. The van der Waals surface area contributed by atoms with Gasteiger partial charge >= 0.3 is 0 Å². The number of carbonyl (C=O) groups is 1. The first-order valence-electron chi connectivity index (χ1n) is 5.95. The lowest BCUT2D eigenvalue weighted by molar-refractivity contribution is 0.0962. The zero-order valence-electron chi connectivity index (χ0n) is 10.6. The van der Waals surface area contributed by atoms with Crippen LogP contribution in [0.5, 0.6) is 5.75 Å². The minimum absolute atomic E-state index is 0.149. The Bertz CT molecular complexity index is 388. The van der Waals surface area contributed by atoms with Crippen LogP contribution in [-0.2, 0) is 0 Å². The van der Waals surface area contributed by atoms with Crippen molar-refractivity contribution in [2.24, 2.45) is 5.92 Å². The minimum atomic E-state index is 0.149. The van der Waals surface area contributed by atoms with Crippen LogP contribution in [0.4, 0.5) is 0 Å². The molecule has 1 rings (SSSR count). The maximum atomic E-state index is 12.0. The Morgan fingerprint density at radius 3 is 2.71 bits per heavy atom. The molecule has 0 N–H and O–H groups in total. The lowest BCUT2D eigenvalue weighted by Crippen LogP contribution is -2.06. The fourth-order valence-electron chi connectivity index (χ4n) is 1.87. The van der Waals surface area contributed by atoms with Crippen molar-refractivity contribution in [3.05, 3.63) is 28.8 Å². The fraction of sp³-hybridized carbons (Fsp3) is 0.500. The molecule has 0 saturated heterocycles. The van der Waals surface area contributed by atoms with Crippen LogP contribution in [0.3, 0.4) is 0 Å². The molecule has 0 fully saturated rings. The summed E-state index contributed by atoms with van der Waals surface area (Å²) in [7, 11) is 1.56. The molecule has 0 bridgehead atoms. The smallest absolute Gasteiger partial charge is 0.163 e. The molecule has 0 amide bonds. The molecule has 3 heteroatoms. The SMILES string of the molecule is CCCC(C)CC(=O)c1ccc(OC)c(Cl)c1. The fourth-order valence-corrected chi connectivity index (χ4v) is 2.13. The summed E-state index contributed by atoms with van der Waals surface area (Å²) >= 11 is 5.99. The molecule has 94 valence electrons. The van der Waals surface area contributed by atoms with E-state index in [0.717, 1.165) is 12.8 Å². The van der Waals surface area contributed by atoms with E-state index in [1.165, 1.54) is 0 Å². The molecule has 1 aromatic carbocycles. The molecular formula is C14H19ClO2. The van der Waals surface area contributed by atoms with Crippen LogP contribution in [0.1, 0.15) is 43.5 Å². The summed E-state index contributed by atoms with van der Waals surface area (Å²) in [6.07, 6.45) is 2.77. The molecule has 0 saturated carbocycles. The van der Waals surface area contributed by atoms with Gasteiger partial charge in [-0.3, -0.25) is 4.79 Å². The van der Waals surface area contributed by atoms with Crippen molar-refractivity contribution in [2.45, 2.75) is 33.1 Å². The average Bonchev–Trinajstić information content (AvgIpc) is 2.29. The van der Waals surface area contributed by atoms with E-state index in [9.17, 15) is 4.79 Å². The number of rotatable bonds is 6. The molecule has 1 unspecified atom stereocenters. The van der Waals surface area contributed by atoms with E-state index >= 15 is 0 Å². The molecule has 1 aromatic rings. The molecular weight excluding hydrogens is 236 g/mol. The van der Waals surface area contributed by atoms with Gasteiger partial charge in [-0.15, -0.1) is 0 Å². The van der Waals surface area contributed by atoms with E-state index in [1.54, 1.807) is 25.3 Å². The highest BCUT2D eigenvalue weighted by Crippen LogP contribution is 2.26. The molecule has 0 aliphatic carbocycles. The molecule has 0 radical (unpaired) electrons. The third kappa shape index (κ3) is 4.04. The van der Waals surface area contributed by atoms with Gasteiger partial charge in [0.15, 0.2) is 5.78 Å². The van der Waals surface area contributed by atoms with Crippen LogP contribution >= 0.6 is 11.6 Å². The van der Waals surface area contributed by atoms with Gasteiger partial charge in [0.05, 0.1) is 12.1 Å². The number of ether oxygens (including phenoxy) is 1. The third-order valence-electron chi connectivity index (χ3n) is 2.79. The largest absolute Gasteiger partial charge is 0.495 e. The maximum absolute atomic E-state index is 12.0. The van der Waals surface area contributed by atoms with Crippen molar-refractivity contribution in [3.63, 3.8) is 0 Å². The van der Waals surface area contributed by atoms with Crippen molar-refractivity contribution < 1.29 is 9.53 Å². The number of hydrogen-bond acceptors (Lipinski definition) is 2. The highest BCUT2D eigenvalue weighted by atomic mass is 35.5. The zero-order valence-corrected chi connectivity index (χ0v) is 11.4. The van der Waals surface area contributed by atoms with Gasteiger partial charge in [-0.05, 0) is 24.1 Å². The van der Waals surface area contributed by atoms with Crippen LogP contribution in [0.2, 0.25) is 5.02 Å². The van der Waals surface area contributed by atoms with Gasteiger partial charge < -0.3 is 4.74 Å². The van der Waals surface area contributed by atoms with Crippen LogP contribution < -0.4 is 4.74 Å². The number of Topliss-reactive ketones (excluding diaryl/α,β-unsaturated/α-hetero) is 1. The molecule has 2 nitrogen and oxygen atoms in total. The molecule has 0 aromatic heterocycles. The molecule has 0 spiro atoms. The standard InChI is InChI=1S/C14H19ClO2/c1-4-5-10(2)8-13(16)11-6-7-14(17-3)12(15)9-11/h6-7,9-10H,4-5,8H2,1-3H3. The predicted molar refractivity (Wildman–Crippen MR) is 71.0 cm³/mol. The zero-order chi connectivity index (χ0) is 12.8. The summed E-state index contributed by atoms with van der Waals surface area (Å²) in [4.78, 5) is 12.0. The van der Waals surface area contributed by atoms with Crippen LogP contribution in [0.15, 0.2) is 18.2 Å². The second-order valence-corrected chi connectivity index (χ2v) is 4.78. The number of methoxy groups -OCH3 is 1. The van der Waals surface area contributed by atoms with Gasteiger partial charge in [-0.2, -0.15) is 0 Å². The van der Waals surface area contributed by atoms with Crippen LogP contribution in [0.25, 0.3) is 0 Å². The first-order chi connectivity index (χ1) is 8.08. The summed E-state index contributed by atoms with van der Waals surface area (Å²) in [5.74, 6) is 1.17. The Labute approximate surface area is 108 Å². The number of halogens is 1.